The van der Waals surface area contributed by atoms with Crippen molar-refractivity contribution in [1.29, 1.82) is 0 Å². The quantitative estimate of drug-likeness (QED) is 0.847. The fourth-order valence-electron chi connectivity index (χ4n) is 1.45. The number of rotatable bonds is 4. The molecule has 0 aliphatic rings. The zero-order valence-corrected chi connectivity index (χ0v) is 10.9. The minimum absolute atomic E-state index is 0.256. The van der Waals surface area contributed by atoms with Gasteiger partial charge in [-0.3, -0.25) is 0 Å². The van der Waals surface area contributed by atoms with Crippen LogP contribution in [0.4, 0.5) is 5.95 Å². The minimum Gasteiger partial charge on any atom is -0.387 e. The Morgan fingerprint density at radius 3 is 2.33 bits per heavy atom. The van der Waals surface area contributed by atoms with Crippen molar-refractivity contribution < 1.29 is 5.11 Å². The highest BCUT2D eigenvalue weighted by atomic mass is 35.5. The fourth-order valence-corrected chi connectivity index (χ4v) is 1.87. The van der Waals surface area contributed by atoms with Gasteiger partial charge < -0.3 is 10.4 Å². The largest absolute Gasteiger partial charge is 0.387 e. The van der Waals surface area contributed by atoms with Crippen molar-refractivity contribution >= 4 is 29.2 Å². The van der Waals surface area contributed by atoms with E-state index in [9.17, 15) is 5.11 Å². The predicted molar refractivity (Wildman–Crippen MR) is 71.9 cm³/mol. The fraction of sp³-hybridized carbons (Fsp3) is 0.167. The predicted octanol–water partition coefficient (Wildman–Crippen LogP) is 2.93. The molecule has 0 fully saturated rings. The zero-order chi connectivity index (χ0) is 13.0. The molecule has 0 spiro atoms. The number of halogens is 2. The average molecular weight is 284 g/mol. The number of anilines is 1. The normalized spacial score (nSPS) is 12.2. The van der Waals surface area contributed by atoms with Crippen molar-refractivity contribution in [3.8, 4) is 0 Å². The Morgan fingerprint density at radius 1 is 1.11 bits per heavy atom. The Kier molecular flexibility index (Phi) is 4.36. The molecule has 2 aromatic rings. The number of aliphatic hydroxyl groups excluding tert-OH is 1. The van der Waals surface area contributed by atoms with Crippen LogP contribution in [0.3, 0.4) is 0 Å². The molecule has 1 unspecified atom stereocenters. The molecule has 0 bridgehead atoms. The van der Waals surface area contributed by atoms with Gasteiger partial charge in [0.2, 0.25) is 5.95 Å². The molecule has 6 heteroatoms. The van der Waals surface area contributed by atoms with Crippen LogP contribution in [0.5, 0.6) is 0 Å². The highest BCUT2D eigenvalue weighted by molar-refractivity contribution is 6.33. The van der Waals surface area contributed by atoms with Gasteiger partial charge in [-0.15, -0.1) is 0 Å². The lowest BCUT2D eigenvalue weighted by atomic mass is 10.1. The Hall–Kier alpha value is -1.36. The van der Waals surface area contributed by atoms with Crippen LogP contribution in [-0.2, 0) is 0 Å². The summed E-state index contributed by atoms with van der Waals surface area (Å²) in [6.45, 7) is 0.278. The van der Waals surface area contributed by atoms with Crippen LogP contribution < -0.4 is 5.32 Å². The second-order valence-electron chi connectivity index (χ2n) is 3.64. The summed E-state index contributed by atoms with van der Waals surface area (Å²) in [4.78, 5) is 7.89. The first-order chi connectivity index (χ1) is 8.65. The molecule has 0 aliphatic heterocycles. The van der Waals surface area contributed by atoms with Crippen LogP contribution >= 0.6 is 23.2 Å². The monoisotopic (exact) mass is 283 g/mol. The number of hydrogen-bond donors (Lipinski definition) is 2. The van der Waals surface area contributed by atoms with E-state index in [1.54, 1.807) is 0 Å². The van der Waals surface area contributed by atoms with E-state index in [1.807, 2.05) is 30.3 Å². The van der Waals surface area contributed by atoms with Crippen LogP contribution in [0.1, 0.15) is 11.7 Å². The standard InChI is InChI=1S/C12H11Cl2N3O/c13-10-6-11(14)17-12(16-10)15-7-9(18)8-4-2-1-3-5-8/h1-6,9,18H,7H2,(H,15,16,17). The average Bonchev–Trinajstić information content (AvgIpc) is 2.36. The van der Waals surface area contributed by atoms with Gasteiger partial charge in [0.05, 0.1) is 6.10 Å². The van der Waals surface area contributed by atoms with Gasteiger partial charge >= 0.3 is 0 Å². The van der Waals surface area contributed by atoms with E-state index >= 15 is 0 Å². The second kappa shape index (κ2) is 6.00. The van der Waals surface area contributed by atoms with Crippen molar-refractivity contribution in [1.82, 2.24) is 9.97 Å². The first-order valence-electron chi connectivity index (χ1n) is 5.32. The summed E-state index contributed by atoms with van der Waals surface area (Å²) >= 11 is 11.5. The Labute approximate surface area is 115 Å². The number of nitrogens with zero attached hydrogens (tertiary/aromatic N) is 2. The maximum Gasteiger partial charge on any atom is 0.225 e. The van der Waals surface area contributed by atoms with E-state index in [1.165, 1.54) is 6.07 Å². The molecular formula is C12H11Cl2N3O. The smallest absolute Gasteiger partial charge is 0.225 e. The van der Waals surface area contributed by atoms with Gasteiger partial charge in [-0.2, -0.15) is 0 Å². The third-order valence-corrected chi connectivity index (χ3v) is 2.69. The van der Waals surface area contributed by atoms with Crippen LogP contribution in [0.2, 0.25) is 10.3 Å². The van der Waals surface area contributed by atoms with Crippen molar-refractivity contribution in [2.24, 2.45) is 0 Å². The van der Waals surface area contributed by atoms with E-state index in [0.717, 1.165) is 5.56 Å². The van der Waals surface area contributed by atoms with E-state index in [0.29, 0.717) is 5.95 Å². The lowest BCUT2D eigenvalue weighted by Gasteiger charge is -2.12. The van der Waals surface area contributed by atoms with E-state index in [4.69, 9.17) is 23.2 Å². The highest BCUT2D eigenvalue weighted by Crippen LogP contribution is 2.16. The summed E-state index contributed by atoms with van der Waals surface area (Å²) in [6, 6.07) is 10.8. The summed E-state index contributed by atoms with van der Waals surface area (Å²) in [5.41, 5.74) is 0.818. The topological polar surface area (TPSA) is 58.0 Å². The van der Waals surface area contributed by atoms with Crippen LogP contribution in [-0.4, -0.2) is 21.6 Å². The molecule has 0 amide bonds. The van der Waals surface area contributed by atoms with Gasteiger partial charge in [-0.25, -0.2) is 9.97 Å². The molecule has 1 atom stereocenters. The molecule has 1 heterocycles. The lowest BCUT2D eigenvalue weighted by Crippen LogP contribution is -2.13. The molecular weight excluding hydrogens is 273 g/mol. The number of hydrogen-bond acceptors (Lipinski definition) is 4. The number of aliphatic hydroxyl groups is 1. The molecule has 1 aromatic carbocycles. The second-order valence-corrected chi connectivity index (χ2v) is 4.42. The van der Waals surface area contributed by atoms with Crippen LogP contribution in [0.25, 0.3) is 0 Å². The number of benzene rings is 1. The highest BCUT2D eigenvalue weighted by Gasteiger charge is 2.08. The molecule has 18 heavy (non-hydrogen) atoms. The Bertz CT molecular complexity index is 502. The molecule has 2 rings (SSSR count). The first-order valence-corrected chi connectivity index (χ1v) is 6.08. The SMILES string of the molecule is OC(CNc1nc(Cl)cc(Cl)n1)c1ccccc1. The first kappa shape index (κ1) is 13.1. The minimum atomic E-state index is -0.646. The third kappa shape index (κ3) is 3.57. The lowest BCUT2D eigenvalue weighted by molar-refractivity contribution is 0.191. The van der Waals surface area contributed by atoms with E-state index < -0.39 is 6.10 Å². The van der Waals surface area contributed by atoms with Gasteiger partial charge in [0.15, 0.2) is 0 Å². The molecule has 0 aliphatic carbocycles. The maximum atomic E-state index is 9.94. The number of nitrogens with one attached hydrogen (secondary N) is 1. The number of aromatic nitrogens is 2. The van der Waals surface area contributed by atoms with Gasteiger partial charge in [0, 0.05) is 12.6 Å². The summed E-state index contributed by atoms with van der Waals surface area (Å²) < 4.78 is 0. The summed E-state index contributed by atoms with van der Waals surface area (Å²) in [6.07, 6.45) is -0.646. The zero-order valence-electron chi connectivity index (χ0n) is 9.35. The van der Waals surface area contributed by atoms with Gasteiger partial charge in [-0.1, -0.05) is 53.5 Å². The van der Waals surface area contributed by atoms with Gasteiger partial charge in [0.25, 0.3) is 0 Å². The summed E-state index contributed by atoms with van der Waals surface area (Å²) in [7, 11) is 0. The van der Waals surface area contributed by atoms with E-state index in [-0.39, 0.29) is 16.9 Å². The van der Waals surface area contributed by atoms with Crippen molar-refractivity contribution in [3.05, 3.63) is 52.3 Å². The van der Waals surface area contributed by atoms with Gasteiger partial charge in [-0.05, 0) is 5.56 Å². The molecule has 0 saturated heterocycles. The van der Waals surface area contributed by atoms with Crippen LogP contribution in [0, 0.1) is 0 Å². The molecule has 2 N–H and O–H groups in total. The molecule has 1 aromatic heterocycles. The molecule has 94 valence electrons. The Morgan fingerprint density at radius 2 is 1.72 bits per heavy atom. The van der Waals surface area contributed by atoms with E-state index in [2.05, 4.69) is 15.3 Å². The van der Waals surface area contributed by atoms with Gasteiger partial charge in [0.1, 0.15) is 10.3 Å². The summed E-state index contributed by atoms with van der Waals surface area (Å²) in [5, 5.41) is 13.3. The molecule has 4 nitrogen and oxygen atoms in total. The van der Waals surface area contributed by atoms with Crippen molar-refractivity contribution in [2.75, 3.05) is 11.9 Å². The summed E-state index contributed by atoms with van der Waals surface area (Å²) in [5.74, 6) is 0.294. The third-order valence-electron chi connectivity index (χ3n) is 2.30. The molecule has 0 radical (unpaired) electrons. The Balaban J connectivity index is 1.99. The van der Waals surface area contributed by atoms with Crippen molar-refractivity contribution in [2.45, 2.75) is 6.10 Å². The van der Waals surface area contributed by atoms with Crippen LogP contribution in [0.15, 0.2) is 36.4 Å². The molecule has 0 saturated carbocycles. The van der Waals surface area contributed by atoms with Crippen molar-refractivity contribution in [3.63, 3.8) is 0 Å². The maximum absolute atomic E-state index is 9.94.